The summed E-state index contributed by atoms with van der Waals surface area (Å²) in [6.07, 6.45) is 0. The van der Waals surface area contributed by atoms with E-state index < -0.39 is 0 Å². The third kappa shape index (κ3) is 2.05. The standard InChI is InChI=1S/C18H23N3O3/c1-16(2)17(3,4)18(16,5)21-14(23)10-6-7-11-12(8-10)20-13(22)9-19-15(11)24/h6-8H,9H2,1-5H3,(H,19,24)(H,20,22)(H,21,23). The molecule has 3 amide bonds. The maximum Gasteiger partial charge on any atom is 0.253 e. The molecule has 0 saturated heterocycles. The van der Waals surface area contributed by atoms with Crippen molar-refractivity contribution in [3.63, 3.8) is 0 Å². The Morgan fingerprint density at radius 3 is 2.29 bits per heavy atom. The number of carbonyl (C=O) groups excluding carboxylic acids is 3. The average Bonchev–Trinajstić information content (AvgIpc) is 2.88. The fourth-order valence-corrected chi connectivity index (χ4v) is 3.64. The van der Waals surface area contributed by atoms with Gasteiger partial charge >= 0.3 is 0 Å². The SMILES string of the molecule is CC1(C)C(C)(C)C1(C)NC(=O)c1ccc2c(c1)NC(=O)CNC2=O. The van der Waals surface area contributed by atoms with E-state index in [2.05, 4.69) is 43.6 Å². The summed E-state index contributed by atoms with van der Waals surface area (Å²) in [7, 11) is 0. The third-order valence-electron chi connectivity index (χ3n) is 6.57. The fraction of sp³-hybridized carbons (Fsp3) is 0.500. The van der Waals surface area contributed by atoms with Crippen LogP contribution in [0.1, 0.15) is 55.3 Å². The molecule has 1 heterocycles. The van der Waals surface area contributed by atoms with E-state index >= 15 is 0 Å². The van der Waals surface area contributed by atoms with Crippen molar-refractivity contribution < 1.29 is 14.4 Å². The summed E-state index contributed by atoms with van der Waals surface area (Å²) >= 11 is 0. The van der Waals surface area contributed by atoms with Crippen molar-refractivity contribution >= 4 is 23.4 Å². The van der Waals surface area contributed by atoms with E-state index in [1.807, 2.05) is 6.92 Å². The minimum absolute atomic E-state index is 0.0184. The van der Waals surface area contributed by atoms with E-state index in [0.29, 0.717) is 16.8 Å². The summed E-state index contributed by atoms with van der Waals surface area (Å²) in [5.41, 5.74) is 0.788. The second-order valence-electron chi connectivity index (χ2n) is 7.82. The van der Waals surface area contributed by atoms with Crippen LogP contribution < -0.4 is 16.0 Å². The molecular formula is C18H23N3O3. The van der Waals surface area contributed by atoms with Gasteiger partial charge < -0.3 is 16.0 Å². The van der Waals surface area contributed by atoms with Crippen LogP contribution in [0.5, 0.6) is 0 Å². The molecule has 128 valence electrons. The number of amides is 3. The number of nitrogens with one attached hydrogen (secondary N) is 3. The highest BCUT2D eigenvalue weighted by atomic mass is 16.2. The first-order valence-corrected chi connectivity index (χ1v) is 8.06. The number of anilines is 1. The molecule has 1 aliphatic carbocycles. The van der Waals surface area contributed by atoms with Crippen LogP contribution in [0, 0.1) is 10.8 Å². The molecule has 0 radical (unpaired) electrons. The van der Waals surface area contributed by atoms with Gasteiger partial charge in [-0.25, -0.2) is 0 Å². The molecule has 24 heavy (non-hydrogen) atoms. The molecule has 0 atom stereocenters. The Kier molecular flexibility index (Phi) is 3.31. The lowest BCUT2D eigenvalue weighted by Gasteiger charge is -2.19. The summed E-state index contributed by atoms with van der Waals surface area (Å²) in [5, 5.41) is 8.29. The van der Waals surface area contributed by atoms with Gasteiger partial charge in [0.2, 0.25) is 5.91 Å². The van der Waals surface area contributed by atoms with Crippen LogP contribution in [0.2, 0.25) is 0 Å². The van der Waals surface area contributed by atoms with Gasteiger partial charge in [0.05, 0.1) is 17.8 Å². The first kappa shape index (κ1) is 16.5. The van der Waals surface area contributed by atoms with E-state index in [0.717, 1.165) is 0 Å². The largest absolute Gasteiger partial charge is 0.346 e. The minimum atomic E-state index is -0.327. The van der Waals surface area contributed by atoms with Crippen molar-refractivity contribution in [2.75, 3.05) is 11.9 Å². The third-order valence-corrected chi connectivity index (χ3v) is 6.57. The highest BCUT2D eigenvalue weighted by Crippen LogP contribution is 2.71. The molecule has 6 heteroatoms. The second-order valence-corrected chi connectivity index (χ2v) is 7.82. The van der Waals surface area contributed by atoms with Gasteiger partial charge in [-0.05, 0) is 36.0 Å². The van der Waals surface area contributed by atoms with Gasteiger partial charge in [0.25, 0.3) is 11.8 Å². The van der Waals surface area contributed by atoms with Crippen molar-refractivity contribution in [2.24, 2.45) is 10.8 Å². The summed E-state index contributed by atoms with van der Waals surface area (Å²) < 4.78 is 0. The van der Waals surface area contributed by atoms with Crippen LogP contribution >= 0.6 is 0 Å². The highest BCUT2D eigenvalue weighted by molar-refractivity contribution is 6.10. The Balaban J connectivity index is 1.88. The maximum absolute atomic E-state index is 12.7. The lowest BCUT2D eigenvalue weighted by atomic mass is 10.0. The average molecular weight is 329 g/mol. The van der Waals surface area contributed by atoms with Gasteiger partial charge in [0.15, 0.2) is 0 Å². The molecule has 0 spiro atoms. The fourth-order valence-electron chi connectivity index (χ4n) is 3.64. The van der Waals surface area contributed by atoms with Gasteiger partial charge in [-0.1, -0.05) is 27.7 Å². The van der Waals surface area contributed by atoms with Crippen molar-refractivity contribution in [3.8, 4) is 0 Å². The van der Waals surface area contributed by atoms with Crippen molar-refractivity contribution in [1.82, 2.24) is 10.6 Å². The Labute approximate surface area is 141 Å². The quantitative estimate of drug-likeness (QED) is 0.775. The van der Waals surface area contributed by atoms with Crippen molar-refractivity contribution in [1.29, 1.82) is 0 Å². The van der Waals surface area contributed by atoms with Crippen LogP contribution in [-0.2, 0) is 4.79 Å². The van der Waals surface area contributed by atoms with E-state index in [1.54, 1.807) is 18.2 Å². The van der Waals surface area contributed by atoms with Gasteiger partial charge in [0.1, 0.15) is 0 Å². The van der Waals surface area contributed by atoms with Gasteiger partial charge in [-0.15, -0.1) is 0 Å². The van der Waals surface area contributed by atoms with E-state index in [4.69, 9.17) is 0 Å². The van der Waals surface area contributed by atoms with Gasteiger partial charge in [-0.2, -0.15) is 0 Å². The number of fused-ring (bicyclic) bond motifs is 1. The predicted molar refractivity (Wildman–Crippen MR) is 90.8 cm³/mol. The molecular weight excluding hydrogens is 306 g/mol. The highest BCUT2D eigenvalue weighted by Gasteiger charge is 2.75. The molecule has 0 unspecified atom stereocenters. The zero-order valence-corrected chi connectivity index (χ0v) is 14.7. The number of carbonyl (C=O) groups is 3. The summed E-state index contributed by atoms with van der Waals surface area (Å²) in [5.74, 6) is -0.847. The molecule has 1 aliphatic heterocycles. The topological polar surface area (TPSA) is 87.3 Å². The normalized spacial score (nSPS) is 22.5. The first-order valence-electron chi connectivity index (χ1n) is 8.06. The molecule has 1 fully saturated rings. The molecule has 3 N–H and O–H groups in total. The van der Waals surface area contributed by atoms with Crippen LogP contribution in [0.15, 0.2) is 18.2 Å². The molecule has 0 bridgehead atoms. The zero-order chi connectivity index (χ0) is 17.9. The molecule has 0 aromatic heterocycles. The Morgan fingerprint density at radius 1 is 1.08 bits per heavy atom. The van der Waals surface area contributed by atoms with Crippen molar-refractivity contribution in [3.05, 3.63) is 29.3 Å². The number of hydrogen-bond acceptors (Lipinski definition) is 3. The number of benzene rings is 1. The number of hydrogen-bond donors (Lipinski definition) is 3. The molecule has 6 nitrogen and oxygen atoms in total. The molecule has 1 aromatic rings. The maximum atomic E-state index is 12.7. The Bertz CT molecular complexity index is 751. The zero-order valence-electron chi connectivity index (χ0n) is 14.7. The minimum Gasteiger partial charge on any atom is -0.346 e. The van der Waals surface area contributed by atoms with Gasteiger partial charge in [-0.3, -0.25) is 14.4 Å². The Hall–Kier alpha value is -2.37. The molecule has 2 aliphatic rings. The van der Waals surface area contributed by atoms with Crippen LogP contribution in [0.3, 0.4) is 0 Å². The molecule has 1 saturated carbocycles. The van der Waals surface area contributed by atoms with E-state index in [-0.39, 0.29) is 40.6 Å². The lowest BCUT2D eigenvalue weighted by molar-refractivity contribution is -0.115. The number of rotatable bonds is 2. The van der Waals surface area contributed by atoms with Crippen LogP contribution in [-0.4, -0.2) is 29.8 Å². The summed E-state index contributed by atoms with van der Waals surface area (Å²) in [6, 6.07) is 4.73. The smallest absolute Gasteiger partial charge is 0.253 e. The van der Waals surface area contributed by atoms with Gasteiger partial charge in [0, 0.05) is 11.1 Å². The monoisotopic (exact) mass is 329 g/mol. The predicted octanol–water partition coefficient (Wildman–Crippen LogP) is 1.92. The second kappa shape index (κ2) is 4.82. The first-order chi connectivity index (χ1) is 11.0. The van der Waals surface area contributed by atoms with E-state index in [1.165, 1.54) is 0 Å². The van der Waals surface area contributed by atoms with Crippen molar-refractivity contribution in [2.45, 2.75) is 40.2 Å². The van der Waals surface area contributed by atoms with E-state index in [9.17, 15) is 14.4 Å². The van der Waals surface area contributed by atoms with Crippen LogP contribution in [0.4, 0.5) is 5.69 Å². The molecule has 3 rings (SSSR count). The molecule has 1 aromatic carbocycles. The Morgan fingerprint density at radius 2 is 1.71 bits per heavy atom. The van der Waals surface area contributed by atoms with Crippen LogP contribution in [0.25, 0.3) is 0 Å². The lowest BCUT2D eigenvalue weighted by Crippen LogP contribution is -2.40. The summed E-state index contributed by atoms with van der Waals surface area (Å²) in [4.78, 5) is 36.3. The summed E-state index contributed by atoms with van der Waals surface area (Å²) in [6.45, 7) is 10.5.